The fraction of sp³-hybridized carbons (Fsp3) is 0. The summed E-state index contributed by atoms with van der Waals surface area (Å²) in [5.74, 6) is 0. The Morgan fingerprint density at radius 1 is 0.145 bits per heavy atom. The molecule has 0 saturated heterocycles. The van der Waals surface area contributed by atoms with Gasteiger partial charge in [-0.2, -0.15) is 0 Å². The number of para-hydroxylation sites is 4. The summed E-state index contributed by atoms with van der Waals surface area (Å²) in [6.07, 6.45) is 0. The summed E-state index contributed by atoms with van der Waals surface area (Å²) in [4.78, 5) is 4.65. The van der Waals surface area contributed by atoms with Crippen LogP contribution in [0.5, 0.6) is 0 Å². The van der Waals surface area contributed by atoms with Gasteiger partial charge in [-0.1, -0.05) is 231 Å². The van der Waals surface area contributed by atoms with Crippen LogP contribution in [-0.4, -0.2) is 0 Å². The number of hydrogen-bond donors (Lipinski definition) is 0. The zero-order valence-electron chi connectivity index (χ0n) is 41.8. The number of hydrogen-bond acceptors (Lipinski definition) is 2. The quantitative estimate of drug-likeness (QED) is 0.126. The van der Waals surface area contributed by atoms with Gasteiger partial charge < -0.3 is 9.80 Å². The van der Waals surface area contributed by atoms with E-state index in [0.717, 1.165) is 34.1 Å². The molecule has 76 heavy (non-hydrogen) atoms. The van der Waals surface area contributed by atoms with E-state index in [4.69, 9.17) is 0 Å². The molecule has 2 heteroatoms. The standard InChI is InChI=1S/C74H50N2/c1-5-23-53(24-6-1)75(54-25-7-2-8-26-54)57-45-41-51(42-46-57)71-61-33-15-19-37-65(61)73(66-38-20-16-34-62(66)71)69-49-50-70(60-32-14-13-31-59(60)69)74-67-39-21-17-35-63(67)72(64-36-18-22-40-68(64)74)52-43-47-58(48-44-52)76(55-27-9-3-10-28-55)56-29-11-4-12-30-56/h1-50H. The Bertz CT molecular complexity index is 3940. The lowest BCUT2D eigenvalue weighted by atomic mass is 9.82. The van der Waals surface area contributed by atoms with E-state index in [0.29, 0.717) is 0 Å². The molecule has 0 N–H and O–H groups in total. The van der Waals surface area contributed by atoms with E-state index < -0.39 is 0 Å². The van der Waals surface area contributed by atoms with Gasteiger partial charge in [0, 0.05) is 34.1 Å². The molecule has 0 saturated carbocycles. The highest BCUT2D eigenvalue weighted by atomic mass is 15.1. The second-order valence-corrected chi connectivity index (χ2v) is 19.5. The van der Waals surface area contributed by atoms with Crippen LogP contribution >= 0.6 is 0 Å². The molecule has 14 rings (SSSR count). The summed E-state index contributed by atoms with van der Waals surface area (Å²) < 4.78 is 0. The van der Waals surface area contributed by atoms with Crippen molar-refractivity contribution in [1.82, 2.24) is 0 Å². The molecule has 14 aromatic carbocycles. The molecule has 0 amide bonds. The SMILES string of the molecule is c1ccc(N(c2ccccc2)c2ccc(-c3c4ccccc4c(-c4ccc(-c5c6ccccc6c(-c6ccc(N(c7ccccc7)c7ccccc7)cc6)c6ccccc56)c5ccccc45)c4ccccc34)cc2)cc1. The second-order valence-electron chi connectivity index (χ2n) is 19.5. The van der Waals surface area contributed by atoms with Crippen LogP contribution in [0.2, 0.25) is 0 Å². The summed E-state index contributed by atoms with van der Waals surface area (Å²) in [7, 11) is 0. The van der Waals surface area contributed by atoms with Crippen molar-refractivity contribution in [3.63, 3.8) is 0 Å². The molecule has 2 nitrogen and oxygen atoms in total. The van der Waals surface area contributed by atoms with E-state index in [1.165, 1.54) is 98.4 Å². The molecule has 0 spiro atoms. The van der Waals surface area contributed by atoms with Gasteiger partial charge in [0.1, 0.15) is 0 Å². The molecule has 0 heterocycles. The van der Waals surface area contributed by atoms with Crippen LogP contribution in [0.1, 0.15) is 0 Å². The highest BCUT2D eigenvalue weighted by molar-refractivity contribution is 6.27. The number of benzene rings is 14. The van der Waals surface area contributed by atoms with Crippen molar-refractivity contribution in [3.05, 3.63) is 303 Å². The lowest BCUT2D eigenvalue weighted by Crippen LogP contribution is -2.09. The van der Waals surface area contributed by atoms with Gasteiger partial charge in [-0.25, -0.2) is 0 Å². The van der Waals surface area contributed by atoms with Crippen molar-refractivity contribution < 1.29 is 0 Å². The van der Waals surface area contributed by atoms with Crippen LogP contribution in [0.3, 0.4) is 0 Å². The largest absolute Gasteiger partial charge is 0.311 e. The first-order valence-corrected chi connectivity index (χ1v) is 26.2. The van der Waals surface area contributed by atoms with Gasteiger partial charge in [0.2, 0.25) is 0 Å². The topological polar surface area (TPSA) is 6.48 Å². The molecule has 0 fully saturated rings. The highest BCUT2D eigenvalue weighted by Gasteiger charge is 2.23. The third-order valence-electron chi connectivity index (χ3n) is 15.2. The normalized spacial score (nSPS) is 11.4. The Morgan fingerprint density at radius 3 is 0.592 bits per heavy atom. The van der Waals surface area contributed by atoms with E-state index in [1.807, 2.05) is 0 Å². The van der Waals surface area contributed by atoms with Gasteiger partial charge in [-0.15, -0.1) is 0 Å². The minimum Gasteiger partial charge on any atom is -0.311 e. The van der Waals surface area contributed by atoms with Crippen molar-refractivity contribution in [1.29, 1.82) is 0 Å². The summed E-state index contributed by atoms with van der Waals surface area (Å²) in [6, 6.07) is 111. The van der Waals surface area contributed by atoms with Gasteiger partial charge in [0.25, 0.3) is 0 Å². The maximum atomic E-state index is 2.39. The fourth-order valence-corrected chi connectivity index (χ4v) is 12.0. The molecule has 14 aromatic rings. The first-order valence-electron chi connectivity index (χ1n) is 26.2. The number of anilines is 6. The van der Waals surface area contributed by atoms with Crippen LogP contribution in [0.15, 0.2) is 303 Å². The zero-order valence-corrected chi connectivity index (χ0v) is 41.8. The maximum Gasteiger partial charge on any atom is 0.0462 e. The summed E-state index contributed by atoms with van der Waals surface area (Å²) >= 11 is 0. The average molecular weight is 967 g/mol. The number of fused-ring (bicyclic) bond motifs is 5. The minimum atomic E-state index is 1.11. The van der Waals surface area contributed by atoms with Crippen LogP contribution in [0, 0.1) is 0 Å². The summed E-state index contributed by atoms with van der Waals surface area (Å²) in [5.41, 5.74) is 16.5. The molecule has 356 valence electrons. The third-order valence-corrected chi connectivity index (χ3v) is 15.2. The summed E-state index contributed by atoms with van der Waals surface area (Å²) in [5, 5.41) is 12.3. The monoisotopic (exact) mass is 966 g/mol. The Hall–Kier alpha value is -10.0. The average Bonchev–Trinajstić information content (AvgIpc) is 3.64. The van der Waals surface area contributed by atoms with Crippen LogP contribution in [0.25, 0.3) is 98.4 Å². The lowest BCUT2D eigenvalue weighted by molar-refractivity contribution is 1.28. The predicted octanol–water partition coefficient (Wildman–Crippen LogP) is 21.1. The molecule has 0 radical (unpaired) electrons. The van der Waals surface area contributed by atoms with Crippen molar-refractivity contribution in [2.24, 2.45) is 0 Å². The van der Waals surface area contributed by atoms with Gasteiger partial charge >= 0.3 is 0 Å². The lowest BCUT2D eigenvalue weighted by Gasteiger charge is -2.26. The zero-order chi connectivity index (χ0) is 50.4. The van der Waals surface area contributed by atoms with Gasteiger partial charge in [0.15, 0.2) is 0 Å². The fourth-order valence-electron chi connectivity index (χ4n) is 12.0. The molecule has 0 aromatic heterocycles. The van der Waals surface area contributed by atoms with E-state index in [2.05, 4.69) is 313 Å². The Kier molecular flexibility index (Phi) is 11.2. The third kappa shape index (κ3) is 7.66. The molecule has 0 aliphatic carbocycles. The van der Waals surface area contributed by atoms with Crippen molar-refractivity contribution >= 4 is 88.0 Å². The van der Waals surface area contributed by atoms with Crippen LogP contribution < -0.4 is 9.80 Å². The minimum absolute atomic E-state index is 1.11. The van der Waals surface area contributed by atoms with E-state index in [1.54, 1.807) is 0 Å². The predicted molar refractivity (Wildman–Crippen MR) is 325 cm³/mol. The van der Waals surface area contributed by atoms with E-state index >= 15 is 0 Å². The Morgan fingerprint density at radius 2 is 0.342 bits per heavy atom. The van der Waals surface area contributed by atoms with Gasteiger partial charge in [-0.3, -0.25) is 0 Å². The Labute approximate surface area is 443 Å². The van der Waals surface area contributed by atoms with Crippen LogP contribution in [-0.2, 0) is 0 Å². The molecule has 0 aliphatic rings. The second kappa shape index (κ2) is 19.1. The van der Waals surface area contributed by atoms with Crippen LogP contribution in [0.4, 0.5) is 34.1 Å². The van der Waals surface area contributed by atoms with Gasteiger partial charge in [-0.05, 0) is 171 Å². The van der Waals surface area contributed by atoms with Crippen molar-refractivity contribution in [2.45, 2.75) is 0 Å². The maximum absolute atomic E-state index is 2.39. The van der Waals surface area contributed by atoms with Crippen molar-refractivity contribution in [3.8, 4) is 44.5 Å². The number of rotatable bonds is 10. The molecule has 0 atom stereocenters. The molecular formula is C74H50N2. The molecule has 0 unspecified atom stereocenters. The first-order chi connectivity index (χ1) is 37.8. The van der Waals surface area contributed by atoms with E-state index in [9.17, 15) is 0 Å². The van der Waals surface area contributed by atoms with E-state index in [-0.39, 0.29) is 0 Å². The molecule has 0 bridgehead atoms. The molecular weight excluding hydrogens is 917 g/mol. The molecule has 0 aliphatic heterocycles. The summed E-state index contributed by atoms with van der Waals surface area (Å²) in [6.45, 7) is 0. The highest BCUT2D eigenvalue weighted by Crippen LogP contribution is 2.50. The van der Waals surface area contributed by atoms with Gasteiger partial charge in [0.05, 0.1) is 0 Å². The number of nitrogens with zero attached hydrogens (tertiary/aromatic N) is 2. The smallest absolute Gasteiger partial charge is 0.0462 e. The first kappa shape index (κ1) is 44.7. The van der Waals surface area contributed by atoms with Crippen molar-refractivity contribution in [2.75, 3.05) is 9.80 Å². The Balaban J connectivity index is 0.914.